The van der Waals surface area contributed by atoms with Gasteiger partial charge in [0.2, 0.25) is 0 Å². The Morgan fingerprint density at radius 2 is 1.44 bits per heavy atom. The van der Waals surface area contributed by atoms with Crippen molar-refractivity contribution in [1.29, 1.82) is 0 Å². The van der Waals surface area contributed by atoms with E-state index in [4.69, 9.17) is 0 Å². The lowest BCUT2D eigenvalue weighted by atomic mass is 9.80. The molecule has 1 atom stereocenters. The average molecular weight is 545 g/mol. The van der Waals surface area contributed by atoms with Gasteiger partial charge in [-0.05, 0) is 47.5 Å². The SMILES string of the molecule is O=C(Nc1ccccc1OC(F)(F)F)NC(Cc1ccccc1)(c1cccc(C(F)(F)F)c1)c1ccccn1. The molecular weight excluding hydrogens is 524 g/mol. The van der Waals surface area contributed by atoms with Crippen molar-refractivity contribution in [2.75, 3.05) is 5.32 Å². The lowest BCUT2D eigenvalue weighted by molar-refractivity contribution is -0.274. The summed E-state index contributed by atoms with van der Waals surface area (Å²) in [5, 5.41) is 5.05. The van der Waals surface area contributed by atoms with Crippen molar-refractivity contribution in [2.45, 2.75) is 24.5 Å². The van der Waals surface area contributed by atoms with Gasteiger partial charge in [0, 0.05) is 12.6 Å². The summed E-state index contributed by atoms with van der Waals surface area (Å²) < 4.78 is 83.8. The maximum atomic E-state index is 13.7. The fourth-order valence-electron chi connectivity index (χ4n) is 4.13. The molecule has 0 saturated carbocycles. The van der Waals surface area contributed by atoms with Crippen LogP contribution >= 0.6 is 0 Å². The normalized spacial score (nSPS) is 13.3. The summed E-state index contributed by atoms with van der Waals surface area (Å²) >= 11 is 0. The van der Waals surface area contributed by atoms with Crippen molar-refractivity contribution in [3.8, 4) is 5.75 Å². The first-order chi connectivity index (χ1) is 18.5. The number of anilines is 1. The first kappa shape index (κ1) is 27.5. The van der Waals surface area contributed by atoms with Gasteiger partial charge in [-0.1, -0.05) is 60.7 Å². The minimum Gasteiger partial charge on any atom is -0.404 e. The van der Waals surface area contributed by atoms with Crippen molar-refractivity contribution in [2.24, 2.45) is 0 Å². The number of nitrogens with one attached hydrogen (secondary N) is 2. The van der Waals surface area contributed by atoms with Gasteiger partial charge in [-0.25, -0.2) is 4.79 Å². The van der Waals surface area contributed by atoms with E-state index in [1.54, 1.807) is 48.5 Å². The molecule has 2 N–H and O–H groups in total. The van der Waals surface area contributed by atoms with Crippen LogP contribution in [-0.2, 0) is 18.1 Å². The lowest BCUT2D eigenvalue weighted by Gasteiger charge is -2.36. The van der Waals surface area contributed by atoms with E-state index in [1.807, 2.05) is 0 Å². The fraction of sp³-hybridized carbons (Fsp3) is 0.143. The van der Waals surface area contributed by atoms with Crippen molar-refractivity contribution >= 4 is 11.7 Å². The number of hydrogen-bond donors (Lipinski definition) is 2. The average Bonchev–Trinajstić information content (AvgIpc) is 2.89. The molecule has 0 spiro atoms. The summed E-state index contributed by atoms with van der Waals surface area (Å²) in [6, 6.07) is 21.8. The topological polar surface area (TPSA) is 63.2 Å². The van der Waals surface area contributed by atoms with Gasteiger partial charge in [-0.15, -0.1) is 13.2 Å². The third-order valence-electron chi connectivity index (χ3n) is 5.78. The third kappa shape index (κ3) is 6.86. The van der Waals surface area contributed by atoms with Gasteiger partial charge in [-0.3, -0.25) is 4.98 Å². The van der Waals surface area contributed by atoms with Crippen LogP contribution in [-0.4, -0.2) is 17.4 Å². The number of carbonyl (C=O) groups excluding carboxylic acids is 1. The maximum Gasteiger partial charge on any atom is 0.573 e. The Bertz CT molecular complexity index is 1410. The number of ether oxygens (including phenoxy) is 1. The Morgan fingerprint density at radius 1 is 0.769 bits per heavy atom. The highest BCUT2D eigenvalue weighted by molar-refractivity contribution is 5.92. The second kappa shape index (κ2) is 11.1. The van der Waals surface area contributed by atoms with Crippen LogP contribution in [0.3, 0.4) is 0 Å². The molecule has 3 aromatic carbocycles. The smallest absolute Gasteiger partial charge is 0.404 e. The molecule has 0 saturated heterocycles. The summed E-state index contributed by atoms with van der Waals surface area (Å²) in [5.41, 5.74) is -1.97. The Hall–Kier alpha value is -4.54. The standard InChI is InChI=1S/C28H21F6N3O2/c29-27(30,31)21-12-8-11-20(17-21)26(24-15-6-7-16-35-24,18-19-9-2-1-3-10-19)37-25(38)36-22-13-4-5-14-23(22)39-28(32,33)34/h1-17H,18H2,(H2,36,37,38). The highest BCUT2D eigenvalue weighted by atomic mass is 19.4. The number of rotatable bonds is 7. The molecule has 39 heavy (non-hydrogen) atoms. The Labute approximate surface area is 219 Å². The summed E-state index contributed by atoms with van der Waals surface area (Å²) in [6.07, 6.45) is -8.29. The molecule has 5 nitrogen and oxygen atoms in total. The van der Waals surface area contributed by atoms with Gasteiger partial charge in [0.25, 0.3) is 0 Å². The van der Waals surface area contributed by atoms with E-state index < -0.39 is 35.4 Å². The van der Waals surface area contributed by atoms with Gasteiger partial charge < -0.3 is 15.4 Å². The molecule has 4 rings (SSSR count). The number of hydrogen-bond acceptors (Lipinski definition) is 3. The number of pyridine rings is 1. The van der Waals surface area contributed by atoms with E-state index in [9.17, 15) is 31.1 Å². The number of urea groups is 1. The Morgan fingerprint density at radius 3 is 2.10 bits per heavy atom. The van der Waals surface area contributed by atoms with Gasteiger partial charge in [0.1, 0.15) is 5.54 Å². The summed E-state index contributed by atoms with van der Waals surface area (Å²) in [7, 11) is 0. The number of aromatic nitrogens is 1. The molecule has 0 radical (unpaired) electrons. The van der Waals surface area contributed by atoms with Crippen LogP contribution in [0.25, 0.3) is 0 Å². The van der Waals surface area contributed by atoms with Gasteiger partial charge in [0.05, 0.1) is 16.9 Å². The van der Waals surface area contributed by atoms with Gasteiger partial charge >= 0.3 is 18.6 Å². The largest absolute Gasteiger partial charge is 0.573 e. The summed E-state index contributed by atoms with van der Waals surface area (Å²) in [4.78, 5) is 17.7. The van der Waals surface area contributed by atoms with Crippen LogP contribution in [0.5, 0.6) is 5.75 Å². The van der Waals surface area contributed by atoms with Crippen molar-refractivity contribution in [3.05, 3.63) is 126 Å². The van der Waals surface area contributed by atoms with E-state index in [2.05, 4.69) is 20.4 Å². The highest BCUT2D eigenvalue weighted by Crippen LogP contribution is 2.37. The van der Waals surface area contributed by atoms with E-state index in [0.717, 1.165) is 18.2 Å². The van der Waals surface area contributed by atoms with Crippen LogP contribution in [0.1, 0.15) is 22.4 Å². The second-order valence-electron chi connectivity index (χ2n) is 8.48. The van der Waals surface area contributed by atoms with Crippen LogP contribution in [0, 0.1) is 0 Å². The number of halogens is 6. The van der Waals surface area contributed by atoms with E-state index in [0.29, 0.717) is 5.56 Å². The first-order valence-corrected chi connectivity index (χ1v) is 11.5. The fourth-order valence-corrected chi connectivity index (χ4v) is 4.13. The molecule has 1 heterocycles. The maximum absolute atomic E-state index is 13.7. The van der Waals surface area contributed by atoms with Crippen molar-refractivity contribution in [3.63, 3.8) is 0 Å². The molecule has 11 heteroatoms. The molecular formula is C28H21F6N3O2. The third-order valence-corrected chi connectivity index (χ3v) is 5.78. The molecule has 0 bridgehead atoms. The molecule has 1 aromatic heterocycles. The zero-order valence-electron chi connectivity index (χ0n) is 20.1. The van der Waals surface area contributed by atoms with E-state index in [-0.39, 0.29) is 23.4 Å². The molecule has 4 aromatic rings. The summed E-state index contributed by atoms with van der Waals surface area (Å²) in [5.74, 6) is -0.661. The van der Waals surface area contributed by atoms with Gasteiger partial charge in [0.15, 0.2) is 5.75 Å². The van der Waals surface area contributed by atoms with Crippen molar-refractivity contribution in [1.82, 2.24) is 10.3 Å². The predicted octanol–water partition coefficient (Wildman–Crippen LogP) is 7.31. The van der Waals surface area contributed by atoms with Gasteiger partial charge in [-0.2, -0.15) is 13.2 Å². The van der Waals surface area contributed by atoms with E-state index in [1.165, 1.54) is 36.5 Å². The van der Waals surface area contributed by atoms with Crippen LogP contribution in [0.4, 0.5) is 36.8 Å². The van der Waals surface area contributed by atoms with Crippen molar-refractivity contribution < 1.29 is 35.9 Å². The quantitative estimate of drug-likeness (QED) is 0.240. The number of carbonyl (C=O) groups is 1. The molecule has 2 amide bonds. The minimum atomic E-state index is -5.02. The summed E-state index contributed by atoms with van der Waals surface area (Å²) in [6.45, 7) is 0. The van der Waals surface area contributed by atoms with Crippen LogP contribution in [0.15, 0.2) is 103 Å². The molecule has 0 aliphatic heterocycles. The number of benzene rings is 3. The lowest BCUT2D eigenvalue weighted by Crippen LogP contribution is -2.50. The predicted molar refractivity (Wildman–Crippen MR) is 132 cm³/mol. The highest BCUT2D eigenvalue weighted by Gasteiger charge is 2.40. The van der Waals surface area contributed by atoms with Crippen LogP contribution < -0.4 is 15.4 Å². The minimum absolute atomic E-state index is 0.0275. The molecule has 202 valence electrons. The zero-order valence-corrected chi connectivity index (χ0v) is 20.1. The number of para-hydroxylation sites is 2. The zero-order chi connectivity index (χ0) is 28.1. The second-order valence-corrected chi connectivity index (χ2v) is 8.48. The number of nitrogens with zero attached hydrogens (tertiary/aromatic N) is 1. The Balaban J connectivity index is 1.82. The van der Waals surface area contributed by atoms with Crippen LogP contribution in [0.2, 0.25) is 0 Å². The number of amides is 2. The Kier molecular flexibility index (Phi) is 7.80. The molecule has 0 aliphatic carbocycles. The molecule has 0 aliphatic rings. The molecule has 0 fully saturated rings. The monoisotopic (exact) mass is 545 g/mol. The van der Waals surface area contributed by atoms with E-state index >= 15 is 0 Å². The number of alkyl halides is 6. The first-order valence-electron chi connectivity index (χ1n) is 11.5. The molecule has 1 unspecified atom stereocenters.